The van der Waals surface area contributed by atoms with Crippen LogP contribution in [0, 0.1) is 0 Å². The highest BCUT2D eigenvalue weighted by atomic mass is 31.2. The molecule has 0 bridgehead atoms. The lowest BCUT2D eigenvalue weighted by Crippen LogP contribution is -2.35. The first-order valence-electron chi connectivity index (χ1n) is 4.16. The summed E-state index contributed by atoms with van der Waals surface area (Å²) >= 11 is 0. The minimum atomic E-state index is -2.34. The fourth-order valence-electron chi connectivity index (χ4n) is 0.871. The van der Waals surface area contributed by atoms with E-state index < -0.39 is 7.49 Å². The summed E-state index contributed by atoms with van der Waals surface area (Å²) in [5.74, 6) is 0.775. The summed E-state index contributed by atoms with van der Waals surface area (Å²) in [5, 5.41) is 0. The molecule has 14 heavy (non-hydrogen) atoms. The van der Waals surface area contributed by atoms with Crippen LogP contribution in [0.3, 0.4) is 0 Å². The van der Waals surface area contributed by atoms with Crippen LogP contribution in [-0.2, 0) is 9.05 Å². The highest BCUT2D eigenvalue weighted by molar-refractivity contribution is 7.63. The van der Waals surface area contributed by atoms with E-state index in [0.29, 0.717) is 0 Å². The third-order valence-corrected chi connectivity index (χ3v) is 3.24. The molecule has 0 unspecified atom stereocenters. The molecule has 84 valence electrons. The highest BCUT2D eigenvalue weighted by Gasteiger charge is 2.14. The zero-order valence-corrected chi connectivity index (χ0v) is 10.7. The van der Waals surface area contributed by atoms with Crippen molar-refractivity contribution in [2.24, 2.45) is 4.76 Å². The van der Waals surface area contributed by atoms with E-state index in [0.717, 1.165) is 5.96 Å². The van der Waals surface area contributed by atoms with Gasteiger partial charge in [0.15, 0.2) is 0 Å². The molecule has 0 aliphatic carbocycles. The van der Waals surface area contributed by atoms with Gasteiger partial charge in [-0.1, -0.05) is 0 Å². The van der Waals surface area contributed by atoms with Crippen LogP contribution in [0.25, 0.3) is 0 Å². The molecule has 0 aliphatic heterocycles. The lowest BCUT2D eigenvalue weighted by atomic mass is 10.7. The Morgan fingerprint density at radius 3 is 1.64 bits per heavy atom. The monoisotopic (exact) mass is 221 g/mol. The molecule has 0 spiro atoms. The summed E-state index contributed by atoms with van der Waals surface area (Å²) in [4.78, 5) is 3.77. The molecule has 0 heterocycles. The van der Waals surface area contributed by atoms with Gasteiger partial charge in [0.05, 0.1) is 0 Å². The van der Waals surface area contributed by atoms with Gasteiger partial charge in [0, 0.05) is 42.4 Å². The van der Waals surface area contributed by atoms with Crippen LogP contribution in [0.5, 0.6) is 0 Å². The predicted octanol–water partition coefficient (Wildman–Crippen LogP) is 0.953. The molecule has 0 saturated heterocycles. The van der Waals surface area contributed by atoms with Crippen molar-refractivity contribution in [3.63, 3.8) is 0 Å². The molecule has 0 aromatic heterocycles. The Labute approximate surface area is 86.5 Å². The van der Waals surface area contributed by atoms with Crippen molar-refractivity contribution in [2.75, 3.05) is 42.4 Å². The van der Waals surface area contributed by atoms with E-state index in [1.54, 1.807) is 14.2 Å². The zero-order valence-electron chi connectivity index (χ0n) is 9.81. The summed E-state index contributed by atoms with van der Waals surface area (Å²) in [6.07, 6.45) is 3.84. The molecule has 0 saturated carbocycles. The quantitative estimate of drug-likeness (QED) is 0.404. The van der Waals surface area contributed by atoms with E-state index in [2.05, 4.69) is 11.1 Å². The van der Waals surface area contributed by atoms with E-state index in [1.807, 2.05) is 38.0 Å². The molecular weight excluding hydrogens is 201 g/mol. The minimum absolute atomic E-state index is 0.775. The van der Waals surface area contributed by atoms with Crippen LogP contribution >= 0.6 is 7.49 Å². The first-order valence-corrected chi connectivity index (χ1v) is 5.92. The maximum absolute atomic E-state index is 5.15. The summed E-state index contributed by atoms with van der Waals surface area (Å²) in [6, 6.07) is 0. The molecule has 6 heteroatoms. The van der Waals surface area contributed by atoms with Gasteiger partial charge < -0.3 is 18.8 Å². The van der Waals surface area contributed by atoms with E-state index in [-0.39, 0.29) is 0 Å². The topological polar surface area (TPSA) is 37.3 Å². The van der Waals surface area contributed by atoms with E-state index in [1.165, 1.54) is 0 Å². The summed E-state index contributed by atoms with van der Waals surface area (Å²) < 4.78 is 14.7. The Morgan fingerprint density at radius 1 is 1.07 bits per heavy atom. The van der Waals surface area contributed by atoms with Crippen LogP contribution in [0.4, 0.5) is 0 Å². The Hall–Kier alpha value is -0.510. The van der Waals surface area contributed by atoms with Crippen LogP contribution < -0.4 is 0 Å². The first kappa shape index (κ1) is 13.5. The number of nitrogens with zero attached hydrogens (tertiary/aromatic N) is 3. The van der Waals surface area contributed by atoms with E-state index in [9.17, 15) is 0 Å². The Balaban J connectivity index is 4.99. The highest BCUT2D eigenvalue weighted by Crippen LogP contribution is 2.47. The van der Waals surface area contributed by atoms with Crippen molar-refractivity contribution in [1.29, 1.82) is 0 Å². The largest absolute Gasteiger partial charge is 0.349 e. The minimum Gasteiger partial charge on any atom is -0.349 e. The van der Waals surface area contributed by atoms with Crippen LogP contribution in [0.1, 0.15) is 0 Å². The number of guanidine groups is 1. The van der Waals surface area contributed by atoms with Crippen molar-refractivity contribution in [2.45, 2.75) is 0 Å². The van der Waals surface area contributed by atoms with E-state index >= 15 is 0 Å². The third kappa shape index (κ3) is 3.70. The molecule has 0 aromatic rings. The van der Waals surface area contributed by atoms with Crippen molar-refractivity contribution >= 4 is 19.7 Å². The van der Waals surface area contributed by atoms with Gasteiger partial charge in [0.25, 0.3) is 0 Å². The van der Waals surface area contributed by atoms with Crippen LogP contribution in [-0.4, -0.2) is 64.5 Å². The van der Waals surface area contributed by atoms with Gasteiger partial charge >= 0.3 is 0 Å². The molecule has 0 rings (SSSR count). The number of hydrogen-bond donors (Lipinski definition) is 0. The van der Waals surface area contributed by atoms with Gasteiger partial charge in [0.1, 0.15) is 0 Å². The lowest BCUT2D eigenvalue weighted by molar-refractivity contribution is 0.335. The second-order valence-corrected chi connectivity index (χ2v) is 5.40. The average Bonchev–Trinajstić information content (AvgIpc) is 2.13. The van der Waals surface area contributed by atoms with Gasteiger partial charge in [-0.25, -0.2) is 0 Å². The molecule has 0 N–H and O–H groups in total. The lowest BCUT2D eigenvalue weighted by Gasteiger charge is -2.25. The van der Waals surface area contributed by atoms with Gasteiger partial charge in [-0.15, -0.1) is 0 Å². The second-order valence-electron chi connectivity index (χ2n) is 3.19. The Morgan fingerprint density at radius 2 is 1.43 bits per heavy atom. The molecular formula is C8H20N3O2P. The molecule has 0 aliphatic rings. The SMILES string of the molecule is C=P(N=C(N(C)C)N(C)C)(OC)OC. The molecule has 0 fully saturated rings. The summed E-state index contributed by atoms with van der Waals surface area (Å²) in [7, 11) is 8.41. The first-order chi connectivity index (χ1) is 6.36. The molecule has 0 radical (unpaired) electrons. The second kappa shape index (κ2) is 5.39. The normalized spacial score (nSPS) is 11.0. The van der Waals surface area contributed by atoms with Crippen LogP contribution in [0.15, 0.2) is 4.76 Å². The van der Waals surface area contributed by atoms with Gasteiger partial charge in [-0.2, -0.15) is 4.76 Å². The van der Waals surface area contributed by atoms with Crippen LogP contribution in [0.2, 0.25) is 0 Å². The van der Waals surface area contributed by atoms with Gasteiger partial charge in [-0.3, -0.25) is 0 Å². The molecule has 0 amide bonds. The van der Waals surface area contributed by atoms with Gasteiger partial charge in [0.2, 0.25) is 13.5 Å². The maximum atomic E-state index is 5.15. The van der Waals surface area contributed by atoms with Gasteiger partial charge in [-0.05, 0) is 6.30 Å². The van der Waals surface area contributed by atoms with Crippen molar-refractivity contribution in [3.8, 4) is 0 Å². The smallest absolute Gasteiger partial charge is 0.236 e. The zero-order chi connectivity index (χ0) is 11.4. The average molecular weight is 221 g/mol. The fourth-order valence-corrected chi connectivity index (χ4v) is 1.81. The standard InChI is InChI=1S/C8H20N3O2P/c1-10(2)8(11(3)4)9-14(7,12-5)13-6/h7H2,1-6H3. The predicted molar refractivity (Wildman–Crippen MR) is 62.9 cm³/mol. The number of hydrogen-bond acceptors (Lipinski definition) is 3. The summed E-state index contributed by atoms with van der Waals surface area (Å²) in [6.45, 7) is 0. The molecule has 5 nitrogen and oxygen atoms in total. The molecule has 0 atom stereocenters. The maximum Gasteiger partial charge on any atom is 0.236 e. The fraction of sp³-hybridized carbons (Fsp3) is 0.750. The third-order valence-electron chi connectivity index (χ3n) is 1.61. The Bertz CT molecular complexity index is 233. The van der Waals surface area contributed by atoms with E-state index in [4.69, 9.17) is 9.05 Å². The van der Waals surface area contributed by atoms with Crippen molar-refractivity contribution in [3.05, 3.63) is 0 Å². The molecule has 0 aromatic carbocycles. The van der Waals surface area contributed by atoms with Crippen molar-refractivity contribution < 1.29 is 9.05 Å². The number of rotatable bonds is 3. The summed E-state index contributed by atoms with van der Waals surface area (Å²) in [5.41, 5.74) is 0. The van der Waals surface area contributed by atoms with Crippen molar-refractivity contribution in [1.82, 2.24) is 9.80 Å². The Kier molecular flexibility index (Phi) is 5.19.